The summed E-state index contributed by atoms with van der Waals surface area (Å²) in [5.41, 5.74) is 5.70. The Hall–Kier alpha value is -1.69. The van der Waals surface area contributed by atoms with Crippen LogP contribution in [0, 0.1) is 6.92 Å². The predicted molar refractivity (Wildman–Crippen MR) is 110 cm³/mol. The summed E-state index contributed by atoms with van der Waals surface area (Å²) in [5, 5.41) is 0.658. The first-order valence-electron chi connectivity index (χ1n) is 7.59. The first-order valence-corrected chi connectivity index (χ1v) is 9.55. The van der Waals surface area contributed by atoms with Gasteiger partial charge in [0, 0.05) is 26.3 Å². The molecule has 4 aromatic rings. The molecule has 4 rings (SSSR count). The van der Waals surface area contributed by atoms with Crippen LogP contribution in [-0.4, -0.2) is 15.0 Å². The summed E-state index contributed by atoms with van der Waals surface area (Å²) in [4.78, 5) is 12.5. The number of hydrogen-bond donors (Lipinski definition) is 1. The van der Waals surface area contributed by atoms with Crippen LogP contribution in [0.1, 0.15) is 5.56 Å². The van der Waals surface area contributed by atoms with Crippen LogP contribution in [0.2, 0.25) is 5.02 Å². The molecular weight excluding hydrogens is 465 g/mol. The number of aryl methyl sites for hydroxylation is 1. The smallest absolute Gasteiger partial charge is 0.138 e. The monoisotopic (exact) mass is 475 g/mol. The van der Waals surface area contributed by atoms with Gasteiger partial charge < -0.3 is 4.98 Å². The zero-order chi connectivity index (χ0) is 17.6. The van der Waals surface area contributed by atoms with Crippen molar-refractivity contribution in [1.82, 2.24) is 15.0 Å². The maximum atomic E-state index is 6.32. The molecule has 0 aliphatic heterocycles. The third-order valence-corrected chi connectivity index (χ3v) is 5.26. The van der Waals surface area contributed by atoms with E-state index in [0.29, 0.717) is 5.02 Å². The summed E-state index contributed by atoms with van der Waals surface area (Å²) in [5.74, 6) is 0.823. The van der Waals surface area contributed by atoms with Gasteiger partial charge in [-0.1, -0.05) is 51.8 Å². The average molecular weight is 478 g/mol. The number of benzene rings is 2. The fraction of sp³-hybridized carbons (Fsp3) is 0.0526. The minimum atomic E-state index is 0.658. The summed E-state index contributed by atoms with van der Waals surface area (Å²) < 4.78 is 1.95. The van der Waals surface area contributed by atoms with Gasteiger partial charge in [0.15, 0.2) is 0 Å². The van der Waals surface area contributed by atoms with Gasteiger partial charge in [-0.05, 0) is 46.6 Å². The Kier molecular flexibility index (Phi) is 4.40. The molecule has 2 aromatic heterocycles. The largest absolute Gasteiger partial charge is 0.338 e. The van der Waals surface area contributed by atoms with E-state index >= 15 is 0 Å². The summed E-state index contributed by atoms with van der Waals surface area (Å²) >= 11 is 13.4. The lowest BCUT2D eigenvalue weighted by Gasteiger charge is -2.05. The van der Waals surface area contributed by atoms with Crippen molar-refractivity contribution in [1.29, 1.82) is 0 Å². The average Bonchev–Trinajstić information content (AvgIpc) is 2.99. The zero-order valence-electron chi connectivity index (χ0n) is 13.1. The minimum absolute atomic E-state index is 0.658. The fourth-order valence-corrected chi connectivity index (χ4v) is 4.35. The van der Waals surface area contributed by atoms with E-state index in [1.54, 1.807) is 0 Å². The van der Waals surface area contributed by atoms with Gasteiger partial charge in [-0.2, -0.15) is 0 Å². The highest BCUT2D eigenvalue weighted by Crippen LogP contribution is 2.31. The van der Waals surface area contributed by atoms with Crippen LogP contribution in [0.3, 0.4) is 0 Å². The van der Waals surface area contributed by atoms with Crippen molar-refractivity contribution in [2.24, 2.45) is 0 Å². The Bertz CT molecular complexity index is 1090. The number of H-pyrrole nitrogens is 1. The molecule has 124 valence electrons. The lowest BCUT2D eigenvalue weighted by atomic mass is 10.1. The summed E-state index contributed by atoms with van der Waals surface area (Å²) in [6.45, 7) is 1.98. The Morgan fingerprint density at radius 2 is 1.72 bits per heavy atom. The minimum Gasteiger partial charge on any atom is -0.338 e. The second-order valence-electron chi connectivity index (χ2n) is 5.79. The van der Waals surface area contributed by atoms with Gasteiger partial charge in [0.1, 0.15) is 11.3 Å². The number of hydrogen-bond acceptors (Lipinski definition) is 2. The van der Waals surface area contributed by atoms with Gasteiger partial charge in [-0.3, -0.25) is 4.98 Å². The molecule has 0 unspecified atom stereocenters. The van der Waals surface area contributed by atoms with Crippen LogP contribution in [0.5, 0.6) is 0 Å². The van der Waals surface area contributed by atoms with Crippen LogP contribution >= 0.6 is 43.5 Å². The second-order valence-corrected chi connectivity index (χ2v) is 7.97. The maximum Gasteiger partial charge on any atom is 0.138 e. The molecule has 2 heterocycles. The number of halogens is 3. The number of imidazole rings is 1. The molecule has 0 radical (unpaired) electrons. The van der Waals surface area contributed by atoms with Gasteiger partial charge in [-0.15, -0.1) is 0 Å². The predicted octanol–water partition coefficient (Wildman–Crippen LogP) is 6.78. The summed E-state index contributed by atoms with van der Waals surface area (Å²) in [6, 6.07) is 14.0. The van der Waals surface area contributed by atoms with Crippen LogP contribution in [0.25, 0.3) is 33.7 Å². The normalized spacial score (nSPS) is 11.2. The molecule has 0 atom stereocenters. The van der Waals surface area contributed by atoms with Gasteiger partial charge >= 0.3 is 0 Å². The van der Waals surface area contributed by atoms with Crippen molar-refractivity contribution in [3.05, 3.63) is 68.2 Å². The van der Waals surface area contributed by atoms with E-state index in [0.717, 1.165) is 48.2 Å². The summed E-state index contributed by atoms with van der Waals surface area (Å²) in [7, 11) is 0. The van der Waals surface area contributed by atoms with Crippen molar-refractivity contribution in [2.75, 3.05) is 0 Å². The molecule has 0 spiro atoms. The lowest BCUT2D eigenvalue weighted by molar-refractivity contribution is 1.27. The Morgan fingerprint density at radius 3 is 2.44 bits per heavy atom. The summed E-state index contributed by atoms with van der Waals surface area (Å²) in [6.07, 6.45) is 1.82. The van der Waals surface area contributed by atoms with Crippen molar-refractivity contribution < 1.29 is 0 Å². The number of pyridine rings is 1. The molecule has 2 aromatic carbocycles. The number of nitrogens with one attached hydrogen (secondary N) is 1. The number of aromatic nitrogens is 3. The van der Waals surface area contributed by atoms with E-state index in [1.165, 1.54) is 0 Å². The highest BCUT2D eigenvalue weighted by Gasteiger charge is 2.10. The Morgan fingerprint density at radius 1 is 1.00 bits per heavy atom. The molecule has 0 amide bonds. The van der Waals surface area contributed by atoms with E-state index in [4.69, 9.17) is 16.6 Å². The second kappa shape index (κ2) is 6.56. The molecule has 1 N–H and O–H groups in total. The molecule has 0 saturated carbocycles. The topological polar surface area (TPSA) is 41.6 Å². The van der Waals surface area contributed by atoms with Crippen molar-refractivity contribution in [3.63, 3.8) is 0 Å². The van der Waals surface area contributed by atoms with Crippen LogP contribution in [0.4, 0.5) is 0 Å². The standard InChI is InChI=1S/C19H12Br2ClN3/c1-10-6-15(22)17(23-9-10)11-2-4-12(5-3-11)19-24-16-8-13(20)7-14(21)18(16)25-19/h2-9H,1H3,(H,24,25). The Labute approximate surface area is 166 Å². The van der Waals surface area contributed by atoms with E-state index in [-0.39, 0.29) is 0 Å². The van der Waals surface area contributed by atoms with Crippen LogP contribution in [-0.2, 0) is 0 Å². The number of fused-ring (bicyclic) bond motifs is 1. The number of aromatic amines is 1. The van der Waals surface area contributed by atoms with Crippen molar-refractivity contribution >= 4 is 54.5 Å². The van der Waals surface area contributed by atoms with E-state index < -0.39 is 0 Å². The van der Waals surface area contributed by atoms with Gasteiger partial charge in [0.2, 0.25) is 0 Å². The fourth-order valence-electron chi connectivity index (χ4n) is 2.71. The molecule has 0 bridgehead atoms. The highest BCUT2D eigenvalue weighted by molar-refractivity contribution is 9.11. The highest BCUT2D eigenvalue weighted by atomic mass is 79.9. The molecule has 6 heteroatoms. The van der Waals surface area contributed by atoms with Gasteiger partial charge in [0.05, 0.1) is 16.2 Å². The quantitative estimate of drug-likeness (QED) is 0.346. The lowest BCUT2D eigenvalue weighted by Crippen LogP contribution is -1.87. The van der Waals surface area contributed by atoms with E-state index in [9.17, 15) is 0 Å². The third kappa shape index (κ3) is 3.24. The molecule has 0 aliphatic carbocycles. The molecule has 25 heavy (non-hydrogen) atoms. The molecule has 0 saturated heterocycles. The molecule has 0 fully saturated rings. The first kappa shape index (κ1) is 16.8. The van der Waals surface area contributed by atoms with E-state index in [1.807, 2.05) is 55.6 Å². The van der Waals surface area contributed by atoms with E-state index in [2.05, 4.69) is 41.8 Å². The van der Waals surface area contributed by atoms with Crippen molar-refractivity contribution in [3.8, 4) is 22.6 Å². The van der Waals surface area contributed by atoms with Gasteiger partial charge in [-0.25, -0.2) is 4.98 Å². The number of nitrogens with zero attached hydrogens (tertiary/aromatic N) is 2. The molecule has 0 aliphatic rings. The number of rotatable bonds is 2. The third-order valence-electron chi connectivity index (χ3n) is 3.91. The first-order chi connectivity index (χ1) is 12.0. The van der Waals surface area contributed by atoms with Crippen LogP contribution in [0.15, 0.2) is 57.6 Å². The molecular formula is C19H12Br2ClN3. The van der Waals surface area contributed by atoms with Crippen molar-refractivity contribution in [2.45, 2.75) is 6.92 Å². The zero-order valence-corrected chi connectivity index (χ0v) is 17.1. The van der Waals surface area contributed by atoms with Crippen LogP contribution < -0.4 is 0 Å². The van der Waals surface area contributed by atoms with Gasteiger partial charge in [0.25, 0.3) is 0 Å². The molecule has 3 nitrogen and oxygen atoms in total. The SMILES string of the molecule is Cc1cnc(-c2ccc(-c3nc4c(Br)cc(Br)cc4[nH]3)cc2)c(Cl)c1. The maximum absolute atomic E-state index is 6.32. The Balaban J connectivity index is 1.74.